The van der Waals surface area contributed by atoms with E-state index in [4.69, 9.17) is 0 Å². The van der Waals surface area contributed by atoms with Gasteiger partial charge in [0.1, 0.15) is 0 Å². The maximum atomic E-state index is 12.4. The Hall–Kier alpha value is -2.94. The highest BCUT2D eigenvalue weighted by atomic mass is 16.1. The highest BCUT2D eigenvalue weighted by Crippen LogP contribution is 2.20. The van der Waals surface area contributed by atoms with E-state index >= 15 is 0 Å². The fraction of sp³-hybridized carbons (Fsp3) is 0.143. The van der Waals surface area contributed by atoms with Crippen LogP contribution in [0, 0.1) is 13.8 Å². The first kappa shape index (κ1) is 15.9. The van der Waals surface area contributed by atoms with Crippen molar-refractivity contribution in [3.05, 3.63) is 89.2 Å². The quantitative estimate of drug-likeness (QED) is 0.780. The topological polar surface area (TPSA) is 42.0 Å². The molecule has 24 heavy (non-hydrogen) atoms. The number of benzene rings is 2. The van der Waals surface area contributed by atoms with Crippen LogP contribution in [0.15, 0.2) is 67.0 Å². The average Bonchev–Trinajstić information content (AvgIpc) is 2.61. The number of hydrogen-bond acceptors (Lipinski definition) is 2. The number of amides is 1. The summed E-state index contributed by atoms with van der Waals surface area (Å²) >= 11 is 0. The lowest BCUT2D eigenvalue weighted by Crippen LogP contribution is -2.22. The van der Waals surface area contributed by atoms with Crippen molar-refractivity contribution in [1.29, 1.82) is 0 Å². The molecule has 0 spiro atoms. The number of hydrogen-bond donors (Lipinski definition) is 1. The van der Waals surface area contributed by atoms with Crippen LogP contribution >= 0.6 is 0 Å². The van der Waals surface area contributed by atoms with Gasteiger partial charge in [0.25, 0.3) is 5.91 Å². The summed E-state index contributed by atoms with van der Waals surface area (Å²) in [5.41, 5.74) is 6.05. The first-order valence-electron chi connectivity index (χ1n) is 7.98. The van der Waals surface area contributed by atoms with Crippen molar-refractivity contribution in [2.24, 2.45) is 0 Å². The molecule has 0 saturated carbocycles. The van der Waals surface area contributed by atoms with E-state index in [-0.39, 0.29) is 5.91 Å². The van der Waals surface area contributed by atoms with Gasteiger partial charge >= 0.3 is 0 Å². The van der Waals surface area contributed by atoms with Crippen LogP contribution in [0.5, 0.6) is 0 Å². The van der Waals surface area contributed by atoms with E-state index in [2.05, 4.69) is 29.4 Å². The van der Waals surface area contributed by atoms with Crippen LogP contribution in [0.3, 0.4) is 0 Å². The van der Waals surface area contributed by atoms with Crippen LogP contribution in [0.2, 0.25) is 0 Å². The van der Waals surface area contributed by atoms with E-state index in [1.807, 2.05) is 49.4 Å². The molecule has 0 aliphatic heterocycles. The molecule has 0 fully saturated rings. The van der Waals surface area contributed by atoms with Crippen LogP contribution in [-0.2, 0) is 6.54 Å². The number of carbonyl (C=O) groups is 1. The molecule has 3 rings (SSSR count). The monoisotopic (exact) mass is 316 g/mol. The first-order valence-corrected chi connectivity index (χ1v) is 7.98. The zero-order valence-electron chi connectivity index (χ0n) is 13.9. The van der Waals surface area contributed by atoms with Gasteiger partial charge in [0, 0.05) is 24.5 Å². The summed E-state index contributed by atoms with van der Waals surface area (Å²) in [4.78, 5) is 16.6. The molecule has 2 aromatic carbocycles. The Labute approximate surface area is 142 Å². The van der Waals surface area contributed by atoms with E-state index in [1.54, 1.807) is 12.4 Å². The largest absolute Gasteiger partial charge is 0.348 e. The highest BCUT2D eigenvalue weighted by Gasteiger charge is 2.08. The Morgan fingerprint density at radius 2 is 1.71 bits per heavy atom. The van der Waals surface area contributed by atoms with Crippen molar-refractivity contribution >= 4 is 5.91 Å². The second-order valence-electron chi connectivity index (χ2n) is 6.00. The summed E-state index contributed by atoms with van der Waals surface area (Å²) < 4.78 is 0. The zero-order chi connectivity index (χ0) is 16.9. The number of nitrogens with one attached hydrogen (secondary N) is 1. The van der Waals surface area contributed by atoms with Gasteiger partial charge in [-0.05, 0) is 31.0 Å². The third kappa shape index (κ3) is 3.87. The molecular weight excluding hydrogens is 296 g/mol. The van der Waals surface area contributed by atoms with Crippen molar-refractivity contribution < 1.29 is 4.79 Å². The summed E-state index contributed by atoms with van der Waals surface area (Å²) in [6, 6.07) is 18.2. The summed E-state index contributed by atoms with van der Waals surface area (Å²) in [5, 5.41) is 2.95. The Balaban J connectivity index is 1.73. The minimum Gasteiger partial charge on any atom is -0.348 e. The Morgan fingerprint density at radius 3 is 2.46 bits per heavy atom. The lowest BCUT2D eigenvalue weighted by Gasteiger charge is -2.08. The molecule has 120 valence electrons. The SMILES string of the molecule is Cc1ccc(CNC(=O)c2cncc(-c3cccc(C)c3)c2)cc1. The standard InChI is InChI=1S/C21H20N2O/c1-15-6-8-17(9-7-15)12-23-21(24)20-11-19(13-22-14-20)18-5-3-4-16(2)10-18/h3-11,13-14H,12H2,1-2H3,(H,23,24). The molecule has 0 radical (unpaired) electrons. The maximum absolute atomic E-state index is 12.4. The third-order valence-electron chi connectivity index (χ3n) is 3.93. The molecule has 1 heterocycles. The predicted octanol–water partition coefficient (Wildman–Crippen LogP) is 4.30. The second kappa shape index (κ2) is 7.09. The fourth-order valence-electron chi connectivity index (χ4n) is 2.54. The second-order valence-corrected chi connectivity index (χ2v) is 6.00. The van der Waals surface area contributed by atoms with Crippen molar-refractivity contribution in [3.8, 4) is 11.1 Å². The van der Waals surface area contributed by atoms with Crippen molar-refractivity contribution in [2.45, 2.75) is 20.4 Å². The molecule has 0 unspecified atom stereocenters. The van der Waals surface area contributed by atoms with Gasteiger partial charge in [-0.2, -0.15) is 0 Å². The van der Waals surface area contributed by atoms with Gasteiger partial charge in [0.05, 0.1) is 5.56 Å². The Bertz CT molecular complexity index is 854. The predicted molar refractivity (Wildman–Crippen MR) is 96.8 cm³/mol. The van der Waals surface area contributed by atoms with Crippen LogP contribution < -0.4 is 5.32 Å². The minimum atomic E-state index is -0.113. The van der Waals surface area contributed by atoms with Gasteiger partial charge in [0.2, 0.25) is 0 Å². The van der Waals surface area contributed by atoms with Gasteiger partial charge in [-0.1, -0.05) is 59.7 Å². The molecule has 3 heteroatoms. The normalized spacial score (nSPS) is 10.4. The summed E-state index contributed by atoms with van der Waals surface area (Å²) in [7, 11) is 0. The number of rotatable bonds is 4. The van der Waals surface area contributed by atoms with Crippen LogP contribution in [0.4, 0.5) is 0 Å². The molecule has 1 aromatic heterocycles. The van der Waals surface area contributed by atoms with Crippen molar-refractivity contribution in [2.75, 3.05) is 0 Å². The third-order valence-corrected chi connectivity index (χ3v) is 3.93. The lowest BCUT2D eigenvalue weighted by molar-refractivity contribution is 0.0950. The van der Waals surface area contributed by atoms with E-state index in [9.17, 15) is 4.79 Å². The van der Waals surface area contributed by atoms with Crippen LogP contribution in [0.1, 0.15) is 27.0 Å². The first-order chi connectivity index (χ1) is 11.6. The van der Waals surface area contributed by atoms with E-state index in [0.717, 1.165) is 16.7 Å². The average molecular weight is 316 g/mol. The fourth-order valence-corrected chi connectivity index (χ4v) is 2.54. The van der Waals surface area contributed by atoms with Crippen LogP contribution in [-0.4, -0.2) is 10.9 Å². The van der Waals surface area contributed by atoms with Gasteiger partial charge < -0.3 is 5.32 Å². The molecule has 0 saturated heterocycles. The number of aromatic nitrogens is 1. The molecule has 1 N–H and O–H groups in total. The van der Waals surface area contributed by atoms with E-state index < -0.39 is 0 Å². The molecule has 3 nitrogen and oxygen atoms in total. The molecular formula is C21H20N2O. The summed E-state index contributed by atoms with van der Waals surface area (Å²) in [6.07, 6.45) is 3.38. The maximum Gasteiger partial charge on any atom is 0.253 e. The summed E-state index contributed by atoms with van der Waals surface area (Å²) in [5.74, 6) is -0.113. The molecule has 0 bridgehead atoms. The van der Waals surface area contributed by atoms with Gasteiger partial charge in [-0.15, -0.1) is 0 Å². The van der Waals surface area contributed by atoms with Crippen LogP contribution in [0.25, 0.3) is 11.1 Å². The zero-order valence-corrected chi connectivity index (χ0v) is 13.9. The molecule has 1 amide bonds. The smallest absolute Gasteiger partial charge is 0.253 e. The number of aryl methyl sites for hydroxylation is 2. The summed E-state index contributed by atoms with van der Waals surface area (Å²) in [6.45, 7) is 4.60. The van der Waals surface area contributed by atoms with E-state index in [0.29, 0.717) is 12.1 Å². The highest BCUT2D eigenvalue weighted by molar-refractivity contribution is 5.95. The van der Waals surface area contributed by atoms with Gasteiger partial charge in [-0.3, -0.25) is 9.78 Å². The van der Waals surface area contributed by atoms with Gasteiger partial charge in [0.15, 0.2) is 0 Å². The minimum absolute atomic E-state index is 0.113. The Morgan fingerprint density at radius 1 is 0.917 bits per heavy atom. The number of pyridine rings is 1. The number of carbonyl (C=O) groups excluding carboxylic acids is 1. The van der Waals surface area contributed by atoms with E-state index in [1.165, 1.54) is 11.1 Å². The molecule has 0 atom stereocenters. The van der Waals surface area contributed by atoms with Crippen molar-refractivity contribution in [1.82, 2.24) is 10.3 Å². The lowest BCUT2D eigenvalue weighted by atomic mass is 10.0. The molecule has 0 aliphatic carbocycles. The van der Waals surface area contributed by atoms with Gasteiger partial charge in [-0.25, -0.2) is 0 Å². The Kier molecular flexibility index (Phi) is 4.71. The molecule has 3 aromatic rings. The number of nitrogens with zero attached hydrogens (tertiary/aromatic N) is 1. The molecule has 0 aliphatic rings. The van der Waals surface area contributed by atoms with Crippen molar-refractivity contribution in [3.63, 3.8) is 0 Å².